The number of rotatable bonds is 3. The summed E-state index contributed by atoms with van der Waals surface area (Å²) in [7, 11) is 0. The Balaban J connectivity index is 1.58. The molecule has 0 spiro atoms. The van der Waals surface area contributed by atoms with E-state index in [1.807, 2.05) is 6.07 Å². The SMILES string of the molecule is N#Cc1cccc(C(=O)N2CC(Nc3ncccn3)C2)c1. The van der Waals surface area contributed by atoms with Gasteiger partial charge in [-0.3, -0.25) is 4.79 Å². The summed E-state index contributed by atoms with van der Waals surface area (Å²) >= 11 is 0. The minimum absolute atomic E-state index is 0.0564. The number of nitrogens with zero attached hydrogens (tertiary/aromatic N) is 4. The molecule has 1 aromatic carbocycles. The molecule has 6 heteroatoms. The summed E-state index contributed by atoms with van der Waals surface area (Å²) in [5.74, 6) is 0.514. The quantitative estimate of drug-likeness (QED) is 0.915. The van der Waals surface area contributed by atoms with Gasteiger partial charge in [-0.15, -0.1) is 0 Å². The number of anilines is 1. The number of amides is 1. The molecule has 104 valence electrons. The van der Waals surface area contributed by atoms with Crippen molar-refractivity contribution < 1.29 is 4.79 Å². The third-order valence-corrected chi connectivity index (χ3v) is 3.31. The number of carbonyl (C=O) groups excluding carboxylic acids is 1. The summed E-state index contributed by atoms with van der Waals surface area (Å²) in [4.78, 5) is 22.2. The first-order valence-corrected chi connectivity index (χ1v) is 6.59. The van der Waals surface area contributed by atoms with Crippen LogP contribution >= 0.6 is 0 Å². The highest BCUT2D eigenvalue weighted by molar-refractivity contribution is 5.95. The number of hydrogen-bond donors (Lipinski definition) is 1. The molecule has 0 aliphatic carbocycles. The lowest BCUT2D eigenvalue weighted by Crippen LogP contribution is -2.57. The van der Waals surface area contributed by atoms with Gasteiger partial charge in [0.25, 0.3) is 5.91 Å². The molecular formula is C15H13N5O. The van der Waals surface area contributed by atoms with Gasteiger partial charge in [-0.2, -0.15) is 5.26 Å². The second-order valence-corrected chi connectivity index (χ2v) is 4.82. The van der Waals surface area contributed by atoms with E-state index in [9.17, 15) is 4.79 Å². The third-order valence-electron chi connectivity index (χ3n) is 3.31. The van der Waals surface area contributed by atoms with Crippen molar-refractivity contribution in [2.75, 3.05) is 18.4 Å². The van der Waals surface area contributed by atoms with Crippen LogP contribution in [-0.2, 0) is 0 Å². The first-order chi connectivity index (χ1) is 10.3. The lowest BCUT2D eigenvalue weighted by atomic mass is 10.1. The predicted molar refractivity (Wildman–Crippen MR) is 76.5 cm³/mol. The molecule has 2 heterocycles. The topological polar surface area (TPSA) is 81.9 Å². The highest BCUT2D eigenvalue weighted by Gasteiger charge is 2.31. The summed E-state index contributed by atoms with van der Waals surface area (Å²) in [6, 6.07) is 10.7. The van der Waals surface area contributed by atoms with Gasteiger partial charge in [-0.25, -0.2) is 9.97 Å². The molecule has 1 aliphatic rings. The molecule has 0 radical (unpaired) electrons. The molecule has 0 atom stereocenters. The Bertz CT molecular complexity index is 689. The average Bonchev–Trinajstić information content (AvgIpc) is 2.51. The van der Waals surface area contributed by atoms with Gasteiger partial charge in [-0.05, 0) is 24.3 Å². The zero-order valence-electron chi connectivity index (χ0n) is 11.2. The number of benzene rings is 1. The Labute approximate surface area is 122 Å². The van der Waals surface area contributed by atoms with E-state index in [0.717, 1.165) is 0 Å². The monoisotopic (exact) mass is 279 g/mol. The minimum Gasteiger partial charge on any atom is -0.348 e. The standard InChI is InChI=1S/C15H13N5O/c16-8-11-3-1-4-12(7-11)14(21)20-9-13(10-20)19-15-17-5-2-6-18-15/h1-7,13H,9-10H2,(H,17,18,19). The van der Waals surface area contributed by atoms with Crippen molar-refractivity contribution >= 4 is 11.9 Å². The molecular weight excluding hydrogens is 266 g/mol. The second kappa shape index (κ2) is 5.59. The van der Waals surface area contributed by atoms with E-state index in [-0.39, 0.29) is 11.9 Å². The van der Waals surface area contributed by atoms with Gasteiger partial charge in [0.05, 0.1) is 17.7 Å². The molecule has 2 aromatic rings. The molecule has 0 bridgehead atoms. The zero-order valence-corrected chi connectivity index (χ0v) is 11.2. The van der Waals surface area contributed by atoms with Crippen molar-refractivity contribution in [2.45, 2.75) is 6.04 Å². The number of likely N-dealkylation sites (tertiary alicyclic amines) is 1. The van der Waals surface area contributed by atoms with E-state index in [1.165, 1.54) is 0 Å². The Hall–Kier alpha value is -2.94. The highest BCUT2D eigenvalue weighted by Crippen LogP contribution is 2.16. The molecule has 1 amide bonds. The van der Waals surface area contributed by atoms with E-state index >= 15 is 0 Å². The fourth-order valence-electron chi connectivity index (χ4n) is 2.20. The van der Waals surface area contributed by atoms with Crippen molar-refractivity contribution in [1.29, 1.82) is 5.26 Å². The van der Waals surface area contributed by atoms with Gasteiger partial charge in [-0.1, -0.05) is 6.07 Å². The normalized spacial score (nSPS) is 14.1. The van der Waals surface area contributed by atoms with Gasteiger partial charge in [0.2, 0.25) is 5.95 Å². The van der Waals surface area contributed by atoms with Crippen LogP contribution in [0.4, 0.5) is 5.95 Å². The highest BCUT2D eigenvalue weighted by atomic mass is 16.2. The molecule has 6 nitrogen and oxygen atoms in total. The lowest BCUT2D eigenvalue weighted by molar-refractivity contribution is 0.0624. The number of nitrogens with one attached hydrogen (secondary N) is 1. The van der Waals surface area contributed by atoms with Gasteiger partial charge in [0.1, 0.15) is 0 Å². The predicted octanol–water partition coefficient (Wildman–Crippen LogP) is 1.28. The molecule has 1 saturated heterocycles. The fraction of sp³-hybridized carbons (Fsp3) is 0.200. The molecule has 0 saturated carbocycles. The Morgan fingerprint density at radius 1 is 1.29 bits per heavy atom. The number of carbonyl (C=O) groups is 1. The van der Waals surface area contributed by atoms with Crippen LogP contribution in [0.1, 0.15) is 15.9 Å². The van der Waals surface area contributed by atoms with Crippen LogP contribution in [-0.4, -0.2) is 39.9 Å². The van der Waals surface area contributed by atoms with Crippen molar-refractivity contribution in [3.63, 3.8) is 0 Å². The van der Waals surface area contributed by atoms with Crippen molar-refractivity contribution in [3.8, 4) is 6.07 Å². The molecule has 1 fully saturated rings. The first-order valence-electron chi connectivity index (χ1n) is 6.59. The Morgan fingerprint density at radius 2 is 2.05 bits per heavy atom. The van der Waals surface area contributed by atoms with Crippen LogP contribution in [0.5, 0.6) is 0 Å². The van der Waals surface area contributed by atoms with E-state index in [0.29, 0.717) is 30.2 Å². The maximum atomic E-state index is 12.3. The summed E-state index contributed by atoms with van der Waals surface area (Å²) in [6.45, 7) is 1.21. The maximum absolute atomic E-state index is 12.3. The van der Waals surface area contributed by atoms with Gasteiger partial charge in [0, 0.05) is 31.0 Å². The van der Waals surface area contributed by atoms with Crippen LogP contribution in [0, 0.1) is 11.3 Å². The average molecular weight is 279 g/mol. The summed E-state index contributed by atoms with van der Waals surface area (Å²) in [6.07, 6.45) is 3.34. The van der Waals surface area contributed by atoms with Crippen LogP contribution in [0.15, 0.2) is 42.7 Å². The Kier molecular flexibility index (Phi) is 3.48. The van der Waals surface area contributed by atoms with Gasteiger partial charge < -0.3 is 10.2 Å². The van der Waals surface area contributed by atoms with E-state index < -0.39 is 0 Å². The van der Waals surface area contributed by atoms with Crippen LogP contribution < -0.4 is 5.32 Å². The first kappa shape index (κ1) is 13.1. The molecule has 1 aliphatic heterocycles. The largest absolute Gasteiger partial charge is 0.348 e. The smallest absolute Gasteiger partial charge is 0.254 e. The van der Waals surface area contributed by atoms with Gasteiger partial charge in [0.15, 0.2) is 0 Å². The van der Waals surface area contributed by atoms with E-state index in [2.05, 4.69) is 15.3 Å². The molecule has 1 N–H and O–H groups in total. The molecule has 21 heavy (non-hydrogen) atoms. The summed E-state index contributed by atoms with van der Waals surface area (Å²) in [5, 5.41) is 12.0. The third kappa shape index (κ3) is 2.82. The van der Waals surface area contributed by atoms with Crippen LogP contribution in [0.2, 0.25) is 0 Å². The minimum atomic E-state index is -0.0564. The number of aromatic nitrogens is 2. The van der Waals surface area contributed by atoms with Crippen molar-refractivity contribution in [3.05, 3.63) is 53.9 Å². The zero-order chi connectivity index (χ0) is 14.7. The summed E-state index contributed by atoms with van der Waals surface area (Å²) < 4.78 is 0. The molecule has 0 unspecified atom stereocenters. The maximum Gasteiger partial charge on any atom is 0.254 e. The van der Waals surface area contributed by atoms with Gasteiger partial charge >= 0.3 is 0 Å². The van der Waals surface area contributed by atoms with Crippen LogP contribution in [0.25, 0.3) is 0 Å². The number of nitriles is 1. The fourth-order valence-corrected chi connectivity index (χ4v) is 2.20. The van der Waals surface area contributed by atoms with E-state index in [4.69, 9.17) is 5.26 Å². The molecule has 1 aromatic heterocycles. The van der Waals surface area contributed by atoms with Crippen LogP contribution in [0.3, 0.4) is 0 Å². The van der Waals surface area contributed by atoms with Crippen molar-refractivity contribution in [2.24, 2.45) is 0 Å². The Morgan fingerprint density at radius 3 is 2.76 bits per heavy atom. The van der Waals surface area contributed by atoms with E-state index in [1.54, 1.807) is 47.6 Å². The lowest BCUT2D eigenvalue weighted by Gasteiger charge is -2.39. The molecule has 3 rings (SSSR count). The second-order valence-electron chi connectivity index (χ2n) is 4.82. The number of hydrogen-bond acceptors (Lipinski definition) is 5. The summed E-state index contributed by atoms with van der Waals surface area (Å²) in [5.41, 5.74) is 1.04. The van der Waals surface area contributed by atoms with Crippen molar-refractivity contribution in [1.82, 2.24) is 14.9 Å².